The molecule has 2 aliphatic rings. The van der Waals surface area contributed by atoms with Crippen molar-refractivity contribution >= 4 is 11.4 Å². The van der Waals surface area contributed by atoms with Crippen LogP contribution in [0, 0.1) is 21.7 Å². The third-order valence-corrected chi connectivity index (χ3v) is 6.09. The van der Waals surface area contributed by atoms with E-state index < -0.39 is 47.6 Å². The highest BCUT2D eigenvalue weighted by molar-refractivity contribution is 5.55. The molecular formula is C22H22F2N10O4. The van der Waals surface area contributed by atoms with Gasteiger partial charge >= 0.3 is 17.1 Å². The van der Waals surface area contributed by atoms with Gasteiger partial charge in [0.1, 0.15) is 5.82 Å². The van der Waals surface area contributed by atoms with Crippen molar-refractivity contribution in [3.8, 4) is 11.4 Å². The molecule has 2 heterocycles. The van der Waals surface area contributed by atoms with Gasteiger partial charge in [0.15, 0.2) is 0 Å². The van der Waals surface area contributed by atoms with Gasteiger partial charge in [-0.25, -0.2) is 14.0 Å². The van der Waals surface area contributed by atoms with Crippen LogP contribution in [0.2, 0.25) is 0 Å². The molecule has 0 spiro atoms. The van der Waals surface area contributed by atoms with E-state index in [0.717, 1.165) is 42.5 Å². The Morgan fingerprint density at radius 1 is 0.868 bits per heavy atom. The molecule has 2 aliphatic carbocycles. The van der Waals surface area contributed by atoms with Gasteiger partial charge in [-0.05, 0) is 87.7 Å². The van der Waals surface area contributed by atoms with E-state index in [-0.39, 0.29) is 33.6 Å². The molecule has 0 radical (unpaired) electrons. The lowest BCUT2D eigenvalue weighted by atomic mass is 10.1. The molecule has 0 unspecified atom stereocenters. The molecule has 2 aromatic carbocycles. The highest BCUT2D eigenvalue weighted by Crippen LogP contribution is 2.44. The molecule has 14 nitrogen and oxygen atoms in total. The van der Waals surface area contributed by atoms with Gasteiger partial charge in [0.2, 0.25) is 5.82 Å². The molecule has 0 atom stereocenters. The number of nitrogens with two attached hydrogens (primary N) is 1. The molecule has 2 fully saturated rings. The van der Waals surface area contributed by atoms with E-state index >= 15 is 0 Å². The number of aromatic nitrogens is 8. The number of tetrazole rings is 2. The lowest BCUT2D eigenvalue weighted by Crippen LogP contribution is -2.23. The first-order valence-corrected chi connectivity index (χ1v) is 11.2. The maximum atomic E-state index is 13.8. The van der Waals surface area contributed by atoms with Crippen LogP contribution in [0.5, 0.6) is 0 Å². The second-order valence-electron chi connectivity index (χ2n) is 8.77. The predicted molar refractivity (Wildman–Crippen MR) is 128 cm³/mol. The number of aryl methyl sites for hydroxylation is 2. The number of nitro groups is 1. The van der Waals surface area contributed by atoms with Gasteiger partial charge in [-0.2, -0.15) is 23.1 Å². The summed E-state index contributed by atoms with van der Waals surface area (Å²) in [5, 5.41) is 24.6. The Morgan fingerprint density at radius 2 is 1.34 bits per heavy atom. The van der Waals surface area contributed by atoms with E-state index in [2.05, 4.69) is 20.9 Å². The van der Waals surface area contributed by atoms with Crippen LogP contribution < -0.4 is 17.1 Å². The Labute approximate surface area is 220 Å². The van der Waals surface area contributed by atoms with Crippen molar-refractivity contribution in [3.05, 3.63) is 78.1 Å². The zero-order valence-electron chi connectivity index (χ0n) is 25.3. The Balaban J connectivity index is 0.000000175. The van der Waals surface area contributed by atoms with Crippen LogP contribution in [0.3, 0.4) is 0 Å². The minimum Gasteiger partial charge on any atom is -0.396 e. The van der Waals surface area contributed by atoms with Gasteiger partial charge in [0.05, 0.1) is 22.0 Å². The molecule has 0 bridgehead atoms. The number of nitro benzene ring substituents is 1. The van der Waals surface area contributed by atoms with Crippen molar-refractivity contribution in [2.45, 2.75) is 37.5 Å². The number of anilines is 1. The van der Waals surface area contributed by atoms with E-state index in [1.807, 2.05) is 0 Å². The van der Waals surface area contributed by atoms with E-state index in [9.17, 15) is 28.5 Å². The fraction of sp³-hybridized carbons (Fsp3) is 0.364. The molecule has 2 saturated carbocycles. The predicted octanol–water partition coefficient (Wildman–Crippen LogP) is 1.46. The van der Waals surface area contributed by atoms with Gasteiger partial charge in [0.25, 0.3) is 0 Å². The third-order valence-electron chi connectivity index (χ3n) is 6.09. The van der Waals surface area contributed by atoms with Gasteiger partial charge in [-0.1, -0.05) is 0 Å². The highest BCUT2D eigenvalue weighted by Gasteiger charge is 2.31. The Morgan fingerprint density at radius 3 is 1.76 bits per heavy atom. The lowest BCUT2D eigenvalue weighted by molar-refractivity contribution is -0.387. The molecule has 4 aromatic rings. The number of benzene rings is 2. The summed E-state index contributed by atoms with van der Waals surface area (Å²) >= 11 is 0. The number of halogens is 2. The van der Waals surface area contributed by atoms with Crippen molar-refractivity contribution in [2.75, 3.05) is 5.73 Å². The normalized spacial score (nSPS) is 17.7. The van der Waals surface area contributed by atoms with Crippen LogP contribution in [0.15, 0.2) is 33.9 Å². The van der Waals surface area contributed by atoms with Gasteiger partial charge in [-0.15, -0.1) is 0 Å². The quantitative estimate of drug-likeness (QED) is 0.226. The second kappa shape index (κ2) is 9.28. The average molecular weight is 535 g/mol. The molecule has 0 saturated heterocycles. The SMILES string of the molecule is [2H]C([2H])([2H])n1nnn(-c2cc(N)c(F)cc2C2CC2)c1=O.[2H]C([2H])([2H])n1nnn(-c2cc([N+](=O)[O-])c(F)cc2C2CC2)c1=O. The van der Waals surface area contributed by atoms with E-state index in [1.165, 1.54) is 12.1 Å². The van der Waals surface area contributed by atoms with Crippen LogP contribution in [-0.4, -0.2) is 44.5 Å². The van der Waals surface area contributed by atoms with Gasteiger partial charge in [0, 0.05) is 28.2 Å². The summed E-state index contributed by atoms with van der Waals surface area (Å²) < 4.78 is 72.7. The molecule has 6 rings (SSSR count). The summed E-state index contributed by atoms with van der Waals surface area (Å²) in [6.07, 6.45) is 3.23. The molecule has 38 heavy (non-hydrogen) atoms. The monoisotopic (exact) mass is 534 g/mol. The topological polar surface area (TPSA) is 175 Å². The number of hydrogen-bond acceptors (Lipinski definition) is 9. The zero-order chi connectivity index (χ0) is 32.3. The minimum absolute atomic E-state index is 0.0268. The summed E-state index contributed by atoms with van der Waals surface area (Å²) in [6.45, 7) is -5.55. The van der Waals surface area contributed by atoms with E-state index in [0.29, 0.717) is 20.5 Å². The summed E-state index contributed by atoms with van der Waals surface area (Å²) in [5.41, 5.74) is 3.79. The summed E-state index contributed by atoms with van der Waals surface area (Å²) in [7, 11) is 0. The Hall–Kier alpha value is -4.76. The second-order valence-corrected chi connectivity index (χ2v) is 8.77. The molecule has 2 N–H and O–H groups in total. The van der Waals surface area contributed by atoms with Crippen molar-refractivity contribution in [1.29, 1.82) is 0 Å². The first-order valence-electron chi connectivity index (χ1n) is 14.2. The standard InChI is InChI=1S/C11H10FN5O3.C11H12FN5O/c1-15-11(18)16(14-13-15)9-5-10(17(19)20)8(12)4-7(9)6-2-3-6;1-16-11(18)17(15-14-16)10-5-9(13)8(12)4-7(10)6-2-3-6/h4-6H,2-3H2,1H3;4-6H,2-3,13H2,1H3/i2*1D3. The first kappa shape index (κ1) is 18.5. The molecule has 198 valence electrons. The van der Waals surface area contributed by atoms with Crippen LogP contribution >= 0.6 is 0 Å². The molecular weight excluding hydrogens is 506 g/mol. The summed E-state index contributed by atoms with van der Waals surface area (Å²) in [4.78, 5) is 34.2. The minimum atomic E-state index is -2.83. The molecule has 0 aliphatic heterocycles. The van der Waals surface area contributed by atoms with E-state index in [1.54, 1.807) is 0 Å². The Kier molecular flexibility index (Phi) is 4.51. The number of rotatable bonds is 5. The highest BCUT2D eigenvalue weighted by atomic mass is 19.1. The van der Waals surface area contributed by atoms with Crippen molar-refractivity contribution in [2.24, 2.45) is 14.0 Å². The fourth-order valence-corrected chi connectivity index (χ4v) is 3.90. The van der Waals surface area contributed by atoms with Crippen LogP contribution in [0.4, 0.5) is 20.2 Å². The van der Waals surface area contributed by atoms with Crippen LogP contribution in [0.25, 0.3) is 11.4 Å². The number of nitrogens with zero attached hydrogens (tertiary/aromatic N) is 9. The van der Waals surface area contributed by atoms with Crippen molar-refractivity contribution in [3.63, 3.8) is 0 Å². The number of hydrogen-bond donors (Lipinski definition) is 1. The van der Waals surface area contributed by atoms with Crippen LogP contribution in [-0.2, 0) is 14.0 Å². The zero-order valence-corrected chi connectivity index (χ0v) is 19.3. The van der Waals surface area contributed by atoms with E-state index in [4.69, 9.17) is 14.0 Å². The Bertz CT molecular complexity index is 1890. The third kappa shape index (κ3) is 4.55. The first-order chi connectivity index (χ1) is 20.5. The lowest BCUT2D eigenvalue weighted by Gasteiger charge is -2.09. The molecule has 0 amide bonds. The summed E-state index contributed by atoms with van der Waals surface area (Å²) in [5.74, 6) is -1.51. The molecule has 16 heteroatoms. The summed E-state index contributed by atoms with van der Waals surface area (Å²) in [6, 6.07) is 4.42. The number of nitrogen functional groups attached to an aromatic ring is 1. The van der Waals surface area contributed by atoms with Crippen LogP contribution in [0.1, 0.15) is 56.9 Å². The largest absolute Gasteiger partial charge is 0.396 e. The maximum absolute atomic E-state index is 13.8. The fourth-order valence-electron chi connectivity index (χ4n) is 3.90. The average Bonchev–Trinajstić information content (AvgIpc) is 3.85. The smallest absolute Gasteiger partial charge is 0.368 e. The van der Waals surface area contributed by atoms with Gasteiger partial charge < -0.3 is 5.73 Å². The molecule has 2 aromatic heterocycles. The van der Waals surface area contributed by atoms with Crippen molar-refractivity contribution < 1.29 is 21.9 Å². The van der Waals surface area contributed by atoms with Gasteiger partial charge in [-0.3, -0.25) is 10.1 Å². The van der Waals surface area contributed by atoms with Crippen molar-refractivity contribution in [1.82, 2.24) is 39.6 Å². The maximum Gasteiger partial charge on any atom is 0.368 e.